The molecule has 7 nitrogen and oxygen atoms in total. The van der Waals surface area contributed by atoms with Gasteiger partial charge in [0.25, 0.3) is 0 Å². The zero-order valence-electron chi connectivity index (χ0n) is 21.2. The van der Waals surface area contributed by atoms with E-state index in [-0.39, 0.29) is 61.9 Å². The number of pyridine rings is 2. The van der Waals surface area contributed by atoms with Crippen molar-refractivity contribution in [3.8, 4) is 11.5 Å². The SMILES string of the molecule is CC(C)(C)c1cccc2ccc(-c3nnc4ccc([C@@H](N5CCC(N)(CO)C5)C(F)(F)F)cn34)nc12.Cl.Cl. The summed E-state index contributed by atoms with van der Waals surface area (Å²) in [5, 5.41) is 19.0. The van der Waals surface area contributed by atoms with Gasteiger partial charge in [-0.1, -0.05) is 51.1 Å². The number of aliphatic hydroxyl groups is 1. The molecule has 0 aliphatic carbocycles. The number of aliphatic hydroxyl groups excluding tert-OH is 1. The quantitative estimate of drug-likeness (QED) is 0.355. The Bertz CT molecular complexity index is 1440. The predicted molar refractivity (Wildman–Crippen MR) is 146 cm³/mol. The lowest BCUT2D eigenvalue weighted by Gasteiger charge is -2.31. The average molecular weight is 571 g/mol. The van der Waals surface area contributed by atoms with Gasteiger partial charge in [0.15, 0.2) is 11.5 Å². The molecule has 0 bridgehead atoms. The van der Waals surface area contributed by atoms with Crippen LogP contribution in [0.15, 0.2) is 48.7 Å². The number of aromatic nitrogens is 4. The third-order valence-electron chi connectivity index (χ3n) is 6.90. The molecule has 12 heteroatoms. The zero-order chi connectivity index (χ0) is 25.9. The number of halogens is 5. The zero-order valence-corrected chi connectivity index (χ0v) is 22.9. The number of hydrogen-bond acceptors (Lipinski definition) is 6. The molecule has 4 heterocycles. The van der Waals surface area contributed by atoms with Crippen molar-refractivity contribution in [1.82, 2.24) is 24.5 Å². The molecule has 0 spiro atoms. The summed E-state index contributed by atoms with van der Waals surface area (Å²) in [5.41, 5.74) is 7.77. The number of fused-ring (bicyclic) bond motifs is 2. The molecule has 4 aromatic rings. The molecule has 3 N–H and O–H groups in total. The summed E-state index contributed by atoms with van der Waals surface area (Å²) in [4.78, 5) is 6.15. The Kier molecular flexibility index (Phi) is 8.36. The number of likely N-dealkylation sites (tertiary alicyclic amines) is 1. The molecule has 1 saturated heterocycles. The molecule has 3 aromatic heterocycles. The van der Waals surface area contributed by atoms with Crippen LogP contribution >= 0.6 is 24.8 Å². The van der Waals surface area contributed by atoms with Gasteiger partial charge in [-0.2, -0.15) is 13.2 Å². The topological polar surface area (TPSA) is 92.6 Å². The van der Waals surface area contributed by atoms with E-state index < -0.39 is 17.8 Å². The van der Waals surface area contributed by atoms with Crippen LogP contribution < -0.4 is 5.73 Å². The minimum atomic E-state index is -4.54. The maximum absolute atomic E-state index is 14.3. The van der Waals surface area contributed by atoms with Gasteiger partial charge in [-0.3, -0.25) is 9.30 Å². The molecule has 1 unspecified atom stereocenters. The van der Waals surface area contributed by atoms with Gasteiger partial charge in [0.2, 0.25) is 0 Å². The molecule has 1 fully saturated rings. The van der Waals surface area contributed by atoms with E-state index in [0.29, 0.717) is 17.2 Å². The van der Waals surface area contributed by atoms with Crippen LogP contribution in [0.5, 0.6) is 0 Å². The summed E-state index contributed by atoms with van der Waals surface area (Å²) in [6.45, 7) is 6.04. The van der Waals surface area contributed by atoms with Crippen LogP contribution in [0, 0.1) is 0 Å². The van der Waals surface area contributed by atoms with E-state index in [9.17, 15) is 18.3 Å². The second kappa shape index (κ2) is 10.6. The van der Waals surface area contributed by atoms with Crippen molar-refractivity contribution >= 4 is 41.4 Å². The first-order chi connectivity index (χ1) is 16.9. The van der Waals surface area contributed by atoms with Crippen LogP contribution in [0.2, 0.25) is 0 Å². The summed E-state index contributed by atoms with van der Waals surface area (Å²) < 4.78 is 44.4. The second-order valence-electron chi connectivity index (χ2n) is 10.7. The van der Waals surface area contributed by atoms with Crippen molar-refractivity contribution in [3.63, 3.8) is 0 Å². The number of para-hydroxylation sites is 1. The van der Waals surface area contributed by atoms with E-state index in [1.165, 1.54) is 23.2 Å². The van der Waals surface area contributed by atoms with Crippen LogP contribution in [0.4, 0.5) is 13.2 Å². The van der Waals surface area contributed by atoms with Gasteiger partial charge in [-0.25, -0.2) is 4.98 Å². The van der Waals surface area contributed by atoms with Crippen molar-refractivity contribution in [2.75, 3.05) is 19.7 Å². The fourth-order valence-corrected chi connectivity index (χ4v) is 5.01. The Labute approximate surface area is 231 Å². The van der Waals surface area contributed by atoms with Crippen LogP contribution in [0.1, 0.15) is 44.4 Å². The summed E-state index contributed by atoms with van der Waals surface area (Å²) in [6.07, 6.45) is -2.82. The smallest absolute Gasteiger partial charge is 0.394 e. The van der Waals surface area contributed by atoms with E-state index in [0.717, 1.165) is 16.5 Å². The lowest BCUT2D eigenvalue weighted by Crippen LogP contribution is -2.48. The van der Waals surface area contributed by atoms with Crippen LogP contribution in [-0.4, -0.2) is 61.0 Å². The molecule has 1 aromatic carbocycles. The summed E-state index contributed by atoms with van der Waals surface area (Å²) in [5.74, 6) is 0.364. The number of nitrogens with two attached hydrogens (primary N) is 1. The molecule has 1 aliphatic heterocycles. The van der Waals surface area contributed by atoms with Gasteiger partial charge in [-0.05, 0) is 35.1 Å². The molecule has 0 saturated carbocycles. The first-order valence-electron chi connectivity index (χ1n) is 11.9. The van der Waals surface area contributed by atoms with Crippen molar-refractivity contribution in [1.29, 1.82) is 0 Å². The molecule has 5 rings (SSSR count). The van der Waals surface area contributed by atoms with E-state index in [1.54, 1.807) is 4.40 Å². The van der Waals surface area contributed by atoms with Gasteiger partial charge >= 0.3 is 6.18 Å². The minimum absolute atomic E-state index is 0. The Morgan fingerprint density at radius 1 is 1.05 bits per heavy atom. The number of alkyl halides is 3. The Morgan fingerprint density at radius 2 is 1.79 bits per heavy atom. The fourth-order valence-electron chi connectivity index (χ4n) is 5.01. The van der Waals surface area contributed by atoms with Gasteiger partial charge in [-0.15, -0.1) is 35.0 Å². The van der Waals surface area contributed by atoms with E-state index in [4.69, 9.17) is 10.7 Å². The van der Waals surface area contributed by atoms with E-state index >= 15 is 0 Å². The highest BCUT2D eigenvalue weighted by molar-refractivity contribution is 5.86. The number of rotatable bonds is 4. The fraction of sp³-hybridized carbons (Fsp3) is 0.423. The molecule has 1 aliphatic rings. The van der Waals surface area contributed by atoms with Gasteiger partial charge in [0.05, 0.1) is 17.7 Å². The highest BCUT2D eigenvalue weighted by atomic mass is 35.5. The maximum Gasteiger partial charge on any atom is 0.408 e. The third-order valence-corrected chi connectivity index (χ3v) is 6.90. The second-order valence-corrected chi connectivity index (χ2v) is 10.7. The first kappa shape index (κ1) is 30.0. The van der Waals surface area contributed by atoms with Crippen molar-refractivity contribution in [2.24, 2.45) is 5.73 Å². The number of nitrogens with zero attached hydrogens (tertiary/aromatic N) is 5. The van der Waals surface area contributed by atoms with Gasteiger partial charge in [0.1, 0.15) is 11.7 Å². The molecule has 0 radical (unpaired) electrons. The van der Waals surface area contributed by atoms with Crippen molar-refractivity contribution < 1.29 is 18.3 Å². The van der Waals surface area contributed by atoms with Crippen LogP contribution in [0.25, 0.3) is 28.1 Å². The Hall–Kier alpha value is -2.50. The third kappa shape index (κ3) is 5.46. The summed E-state index contributed by atoms with van der Waals surface area (Å²) in [7, 11) is 0. The first-order valence-corrected chi connectivity index (χ1v) is 11.9. The number of benzene rings is 1. The normalized spacial score (nSPS) is 19.4. The Balaban J connectivity index is 0.00000200. The molecule has 0 amide bonds. The van der Waals surface area contributed by atoms with Crippen molar-refractivity contribution in [2.45, 2.75) is 50.4 Å². The summed E-state index contributed by atoms with van der Waals surface area (Å²) in [6, 6.07) is 10.8. The van der Waals surface area contributed by atoms with Gasteiger partial charge < -0.3 is 10.8 Å². The van der Waals surface area contributed by atoms with Crippen LogP contribution in [0.3, 0.4) is 0 Å². The number of hydrogen-bond donors (Lipinski definition) is 2. The van der Waals surface area contributed by atoms with E-state index in [1.807, 2.05) is 30.3 Å². The standard InChI is InChI=1S/C26H29F3N6O.2ClH/c1-24(2,3)18-6-4-5-16-7-9-19(31-21(16)18)23-33-32-20-10-8-17(13-35(20)23)22(26(27,28)29)34-12-11-25(30,14-34)15-36;;/h4-10,13,22,36H,11-12,14-15,30H2,1-3H3;2*1H/t22-,25?;;/m1../s1. The highest BCUT2D eigenvalue weighted by Crippen LogP contribution is 2.41. The average Bonchev–Trinajstić information content (AvgIpc) is 3.41. The molecular formula is C26H31Cl2F3N6O. The highest BCUT2D eigenvalue weighted by Gasteiger charge is 2.49. The molecule has 38 heavy (non-hydrogen) atoms. The van der Waals surface area contributed by atoms with Crippen molar-refractivity contribution in [3.05, 3.63) is 59.8 Å². The monoisotopic (exact) mass is 570 g/mol. The summed E-state index contributed by atoms with van der Waals surface area (Å²) >= 11 is 0. The molecule has 206 valence electrons. The maximum atomic E-state index is 14.3. The van der Waals surface area contributed by atoms with Gasteiger partial charge in [0, 0.05) is 24.7 Å². The minimum Gasteiger partial charge on any atom is -0.394 e. The van der Waals surface area contributed by atoms with Crippen LogP contribution in [-0.2, 0) is 5.41 Å². The largest absolute Gasteiger partial charge is 0.408 e. The molecule has 2 atom stereocenters. The Morgan fingerprint density at radius 3 is 2.42 bits per heavy atom. The lowest BCUT2D eigenvalue weighted by atomic mass is 9.85. The molecular weight excluding hydrogens is 540 g/mol. The lowest BCUT2D eigenvalue weighted by molar-refractivity contribution is -0.184. The predicted octanol–water partition coefficient (Wildman–Crippen LogP) is 5.08. The van der Waals surface area contributed by atoms with E-state index in [2.05, 4.69) is 31.0 Å².